The Balaban J connectivity index is 1.60. The largest absolute Gasteiger partial charge is 0.493 e. The van der Waals surface area contributed by atoms with Crippen LogP contribution >= 0.6 is 11.8 Å². The molecule has 0 saturated carbocycles. The van der Waals surface area contributed by atoms with Gasteiger partial charge in [0.15, 0.2) is 11.5 Å². The first-order chi connectivity index (χ1) is 13.6. The third kappa shape index (κ3) is 3.45. The summed E-state index contributed by atoms with van der Waals surface area (Å²) in [6.45, 7) is 4.09. The van der Waals surface area contributed by atoms with Crippen LogP contribution in [0.2, 0.25) is 0 Å². The topological polar surface area (TPSA) is 102 Å². The Kier molecular flexibility index (Phi) is 4.99. The molecule has 28 heavy (non-hydrogen) atoms. The first kappa shape index (κ1) is 18.4. The number of rotatable bonds is 5. The molecule has 1 atom stereocenters. The van der Waals surface area contributed by atoms with E-state index in [-0.39, 0.29) is 11.2 Å². The summed E-state index contributed by atoms with van der Waals surface area (Å²) in [5, 5.41) is 13.7. The Hall–Kier alpha value is -2.94. The average Bonchev–Trinajstić information content (AvgIpc) is 3.23. The number of benzene rings is 1. The summed E-state index contributed by atoms with van der Waals surface area (Å²) in [5.41, 5.74) is 3.68. The van der Waals surface area contributed by atoms with Crippen LogP contribution in [0.1, 0.15) is 33.4 Å². The fourth-order valence-electron chi connectivity index (χ4n) is 3.12. The van der Waals surface area contributed by atoms with E-state index in [0.29, 0.717) is 29.7 Å². The van der Waals surface area contributed by atoms with E-state index in [0.717, 1.165) is 28.1 Å². The lowest BCUT2D eigenvalue weighted by atomic mass is 10.1. The first-order valence-electron chi connectivity index (χ1n) is 8.74. The molecule has 9 heteroatoms. The van der Waals surface area contributed by atoms with Gasteiger partial charge in [-0.2, -0.15) is 5.10 Å². The number of aromatic nitrogens is 3. The Labute approximate surface area is 166 Å². The van der Waals surface area contributed by atoms with Gasteiger partial charge in [-0.3, -0.25) is 9.89 Å². The number of methoxy groups -OCH3 is 1. The van der Waals surface area contributed by atoms with E-state index >= 15 is 0 Å². The number of hydrogen-bond acceptors (Lipinski definition) is 7. The van der Waals surface area contributed by atoms with Crippen LogP contribution in [0.15, 0.2) is 28.9 Å². The van der Waals surface area contributed by atoms with Crippen molar-refractivity contribution >= 4 is 23.5 Å². The molecule has 0 radical (unpaired) electrons. The number of hydrogen-bond donors (Lipinski definition) is 2. The van der Waals surface area contributed by atoms with Crippen LogP contribution in [-0.2, 0) is 11.4 Å². The number of aromatic amines is 1. The van der Waals surface area contributed by atoms with Crippen molar-refractivity contribution in [1.29, 1.82) is 0 Å². The minimum Gasteiger partial charge on any atom is -0.493 e. The van der Waals surface area contributed by atoms with Crippen molar-refractivity contribution in [2.24, 2.45) is 0 Å². The molecule has 8 nitrogen and oxygen atoms in total. The van der Waals surface area contributed by atoms with Gasteiger partial charge in [-0.1, -0.05) is 11.2 Å². The lowest BCUT2D eigenvalue weighted by Crippen LogP contribution is -2.12. The number of carbonyl (C=O) groups is 1. The Morgan fingerprint density at radius 3 is 2.93 bits per heavy atom. The van der Waals surface area contributed by atoms with Gasteiger partial charge in [-0.05, 0) is 31.5 Å². The fourth-order valence-corrected chi connectivity index (χ4v) is 4.21. The van der Waals surface area contributed by atoms with Crippen LogP contribution in [-0.4, -0.2) is 34.1 Å². The van der Waals surface area contributed by atoms with E-state index in [1.807, 2.05) is 32.0 Å². The van der Waals surface area contributed by atoms with E-state index in [1.165, 1.54) is 0 Å². The standard InChI is InChI=1S/C19H20N4O4S/c1-10-14(11(2)27-23-10)8-26-15-5-4-12(6-16(15)25-3)18-13-7-20-22-19(13)21-17(24)9-28-18/h4-7,18H,8-9H2,1-3H3,(H2,20,21,22,24)/t18-/m1/s1. The molecule has 4 rings (SSSR count). The molecule has 1 aromatic carbocycles. The summed E-state index contributed by atoms with van der Waals surface area (Å²) in [6.07, 6.45) is 1.74. The van der Waals surface area contributed by atoms with E-state index in [4.69, 9.17) is 14.0 Å². The minimum atomic E-state index is -0.0515. The summed E-state index contributed by atoms with van der Waals surface area (Å²) in [5.74, 6) is 2.94. The van der Waals surface area contributed by atoms with Crippen molar-refractivity contribution in [3.63, 3.8) is 0 Å². The number of nitrogens with zero attached hydrogens (tertiary/aromatic N) is 2. The zero-order valence-corrected chi connectivity index (χ0v) is 16.6. The molecule has 146 valence electrons. The van der Waals surface area contributed by atoms with Gasteiger partial charge in [-0.25, -0.2) is 0 Å². The number of carbonyl (C=O) groups excluding carboxylic acids is 1. The molecule has 0 bridgehead atoms. The third-order valence-electron chi connectivity index (χ3n) is 4.64. The van der Waals surface area contributed by atoms with Crippen LogP contribution in [0.25, 0.3) is 0 Å². The minimum absolute atomic E-state index is 0.0433. The van der Waals surface area contributed by atoms with Gasteiger partial charge < -0.3 is 19.3 Å². The van der Waals surface area contributed by atoms with E-state index in [2.05, 4.69) is 20.7 Å². The first-order valence-corrected chi connectivity index (χ1v) is 9.79. The van der Waals surface area contributed by atoms with Crippen LogP contribution in [0.4, 0.5) is 5.82 Å². The smallest absolute Gasteiger partial charge is 0.235 e. The van der Waals surface area contributed by atoms with Gasteiger partial charge in [0.2, 0.25) is 5.91 Å². The number of nitrogens with one attached hydrogen (secondary N) is 2. The van der Waals surface area contributed by atoms with Crippen molar-refractivity contribution in [2.75, 3.05) is 18.2 Å². The number of ether oxygens (including phenoxy) is 2. The van der Waals surface area contributed by atoms with E-state index in [1.54, 1.807) is 25.1 Å². The number of aryl methyl sites for hydroxylation is 2. The summed E-state index contributed by atoms with van der Waals surface area (Å²) in [7, 11) is 1.61. The van der Waals surface area contributed by atoms with Crippen LogP contribution in [0.3, 0.4) is 0 Å². The van der Waals surface area contributed by atoms with Crippen molar-refractivity contribution in [3.05, 3.63) is 52.5 Å². The highest BCUT2D eigenvalue weighted by Crippen LogP contribution is 2.43. The molecule has 2 aromatic heterocycles. The number of thioether (sulfide) groups is 1. The molecule has 3 aromatic rings. The zero-order valence-electron chi connectivity index (χ0n) is 15.7. The Morgan fingerprint density at radius 2 is 2.18 bits per heavy atom. The highest BCUT2D eigenvalue weighted by molar-refractivity contribution is 8.00. The lowest BCUT2D eigenvalue weighted by molar-refractivity contribution is -0.113. The maximum atomic E-state index is 11.9. The predicted octanol–water partition coefficient (Wildman–Crippen LogP) is 3.38. The van der Waals surface area contributed by atoms with Gasteiger partial charge in [0.25, 0.3) is 0 Å². The van der Waals surface area contributed by atoms with E-state index in [9.17, 15) is 4.79 Å². The molecular formula is C19H20N4O4S. The molecule has 1 aliphatic rings. The van der Waals surface area contributed by atoms with Crippen molar-refractivity contribution in [2.45, 2.75) is 25.7 Å². The molecule has 2 N–H and O–H groups in total. The van der Waals surface area contributed by atoms with Gasteiger partial charge in [-0.15, -0.1) is 11.8 Å². The zero-order chi connectivity index (χ0) is 19.7. The Morgan fingerprint density at radius 1 is 1.32 bits per heavy atom. The highest BCUT2D eigenvalue weighted by Gasteiger charge is 2.26. The normalized spacial score (nSPS) is 16.2. The van der Waals surface area contributed by atoms with Gasteiger partial charge in [0.1, 0.15) is 18.2 Å². The number of anilines is 1. The quantitative estimate of drug-likeness (QED) is 0.677. The Bertz CT molecular complexity index is 994. The second-order valence-corrected chi connectivity index (χ2v) is 7.53. The molecule has 1 amide bonds. The van der Waals surface area contributed by atoms with Crippen molar-refractivity contribution in [3.8, 4) is 11.5 Å². The maximum absolute atomic E-state index is 11.9. The SMILES string of the molecule is COc1cc([C@H]2SCC(=O)Nc3[nH]ncc32)ccc1OCc1c(C)noc1C. The van der Waals surface area contributed by atoms with Crippen LogP contribution < -0.4 is 14.8 Å². The molecule has 3 heterocycles. The number of amides is 1. The summed E-state index contributed by atoms with van der Waals surface area (Å²) >= 11 is 1.54. The second kappa shape index (κ2) is 7.59. The van der Waals surface area contributed by atoms with Crippen molar-refractivity contribution < 1.29 is 18.8 Å². The van der Waals surface area contributed by atoms with Gasteiger partial charge in [0.05, 0.1) is 35.6 Å². The predicted molar refractivity (Wildman–Crippen MR) is 105 cm³/mol. The van der Waals surface area contributed by atoms with Crippen LogP contribution in [0, 0.1) is 13.8 Å². The maximum Gasteiger partial charge on any atom is 0.235 e. The second-order valence-electron chi connectivity index (χ2n) is 6.44. The fraction of sp³-hybridized carbons (Fsp3) is 0.316. The molecule has 0 saturated heterocycles. The number of fused-ring (bicyclic) bond motifs is 1. The highest BCUT2D eigenvalue weighted by atomic mass is 32.2. The van der Waals surface area contributed by atoms with Crippen LogP contribution in [0.5, 0.6) is 11.5 Å². The summed E-state index contributed by atoms with van der Waals surface area (Å²) in [4.78, 5) is 11.9. The summed E-state index contributed by atoms with van der Waals surface area (Å²) < 4.78 is 16.7. The average molecular weight is 400 g/mol. The molecule has 0 aliphatic carbocycles. The van der Waals surface area contributed by atoms with Crippen molar-refractivity contribution in [1.82, 2.24) is 15.4 Å². The van der Waals surface area contributed by atoms with E-state index < -0.39 is 0 Å². The number of H-pyrrole nitrogens is 1. The summed E-state index contributed by atoms with van der Waals surface area (Å²) in [6, 6.07) is 5.80. The third-order valence-corrected chi connectivity index (χ3v) is 5.93. The van der Waals surface area contributed by atoms with Gasteiger partial charge >= 0.3 is 0 Å². The molecule has 0 spiro atoms. The molecule has 0 unspecified atom stereocenters. The molecule has 0 fully saturated rings. The monoisotopic (exact) mass is 400 g/mol. The molecular weight excluding hydrogens is 380 g/mol. The lowest BCUT2D eigenvalue weighted by Gasteiger charge is -2.17. The van der Waals surface area contributed by atoms with Gasteiger partial charge in [0, 0.05) is 5.56 Å². The molecule has 1 aliphatic heterocycles.